The van der Waals surface area contributed by atoms with Crippen LogP contribution >= 0.6 is 0 Å². The van der Waals surface area contributed by atoms with Gasteiger partial charge in [-0.3, -0.25) is 0 Å². The van der Waals surface area contributed by atoms with E-state index in [0.29, 0.717) is 24.5 Å². The maximum absolute atomic E-state index is 14.1. The highest BCUT2D eigenvalue weighted by Gasteiger charge is 2.22. The predicted octanol–water partition coefficient (Wildman–Crippen LogP) is 0.291. The zero-order valence-corrected chi connectivity index (χ0v) is 9.75. The molecule has 7 heteroatoms. The molecule has 0 spiro atoms. The second-order valence-electron chi connectivity index (χ2n) is 4.17. The molecule has 0 radical (unpaired) electrons. The van der Waals surface area contributed by atoms with Crippen molar-refractivity contribution in [3.8, 4) is 0 Å². The Morgan fingerprint density at radius 3 is 3.11 bits per heavy atom. The lowest BCUT2D eigenvalue weighted by Gasteiger charge is -2.28. The van der Waals surface area contributed by atoms with Gasteiger partial charge < -0.3 is 15.2 Å². The summed E-state index contributed by atoms with van der Waals surface area (Å²) in [4.78, 5) is 5.97. The van der Waals surface area contributed by atoms with Gasteiger partial charge in [-0.15, -0.1) is 10.2 Å². The lowest BCUT2D eigenvalue weighted by atomic mass is 10.2. The smallest absolute Gasteiger partial charge is 0.170 e. The molecule has 3 rings (SSSR count). The molecule has 2 aromatic heterocycles. The molecule has 3 heterocycles. The molecular formula is C11H13FN6. The zero-order valence-electron chi connectivity index (χ0n) is 9.75. The number of hydrogen-bond donors (Lipinski definition) is 1. The molecule has 0 bridgehead atoms. The number of nitrogens with zero attached hydrogens (tertiary/aromatic N) is 5. The van der Waals surface area contributed by atoms with Crippen LogP contribution < -0.4 is 10.6 Å². The molecule has 0 aromatic carbocycles. The molecule has 2 N–H and O–H groups in total. The third-order valence-corrected chi connectivity index (χ3v) is 3.11. The summed E-state index contributed by atoms with van der Waals surface area (Å²) in [6, 6.07) is 1.60. The lowest BCUT2D eigenvalue weighted by molar-refractivity contribution is 0.533. The Bertz CT molecular complexity index is 566. The van der Waals surface area contributed by atoms with E-state index in [1.54, 1.807) is 18.6 Å². The SMILES string of the molecule is NCc1ccnc(N2CCn3cnnc3C2)c1F. The molecule has 0 unspecified atom stereocenters. The molecule has 0 atom stereocenters. The van der Waals surface area contributed by atoms with Crippen molar-refractivity contribution in [2.45, 2.75) is 19.6 Å². The van der Waals surface area contributed by atoms with Crippen molar-refractivity contribution < 1.29 is 4.39 Å². The Balaban J connectivity index is 1.93. The van der Waals surface area contributed by atoms with Crippen molar-refractivity contribution in [1.29, 1.82) is 0 Å². The van der Waals surface area contributed by atoms with Crippen LogP contribution in [0.5, 0.6) is 0 Å². The quantitative estimate of drug-likeness (QED) is 0.827. The minimum atomic E-state index is -0.340. The van der Waals surface area contributed by atoms with Crippen LogP contribution in [0.1, 0.15) is 11.4 Å². The van der Waals surface area contributed by atoms with Crippen molar-refractivity contribution in [1.82, 2.24) is 19.7 Å². The fourth-order valence-corrected chi connectivity index (χ4v) is 2.10. The van der Waals surface area contributed by atoms with Crippen LogP contribution in [-0.4, -0.2) is 26.3 Å². The van der Waals surface area contributed by atoms with E-state index in [1.165, 1.54) is 0 Å². The van der Waals surface area contributed by atoms with Gasteiger partial charge in [-0.2, -0.15) is 0 Å². The number of fused-ring (bicyclic) bond motifs is 1. The first-order valence-electron chi connectivity index (χ1n) is 5.74. The summed E-state index contributed by atoms with van der Waals surface area (Å²) in [5, 5.41) is 7.84. The molecule has 1 aliphatic heterocycles. The van der Waals surface area contributed by atoms with Gasteiger partial charge in [0.2, 0.25) is 0 Å². The Morgan fingerprint density at radius 2 is 2.28 bits per heavy atom. The normalized spacial score (nSPS) is 14.7. The summed E-state index contributed by atoms with van der Waals surface area (Å²) in [6.45, 7) is 2.10. The van der Waals surface area contributed by atoms with Crippen LogP contribution in [0, 0.1) is 5.82 Å². The van der Waals surface area contributed by atoms with Crippen LogP contribution in [0.15, 0.2) is 18.6 Å². The monoisotopic (exact) mass is 248 g/mol. The van der Waals surface area contributed by atoms with Gasteiger partial charge in [0.05, 0.1) is 6.54 Å². The summed E-state index contributed by atoms with van der Waals surface area (Å²) in [5.41, 5.74) is 5.98. The third-order valence-electron chi connectivity index (χ3n) is 3.11. The molecule has 0 aliphatic carbocycles. The molecule has 2 aromatic rings. The first kappa shape index (κ1) is 11.1. The summed E-state index contributed by atoms with van der Waals surface area (Å²) in [6.07, 6.45) is 3.27. The number of anilines is 1. The van der Waals surface area contributed by atoms with E-state index in [-0.39, 0.29) is 12.4 Å². The van der Waals surface area contributed by atoms with E-state index in [0.717, 1.165) is 12.4 Å². The van der Waals surface area contributed by atoms with Crippen molar-refractivity contribution >= 4 is 5.82 Å². The van der Waals surface area contributed by atoms with Crippen molar-refractivity contribution in [2.75, 3.05) is 11.4 Å². The van der Waals surface area contributed by atoms with Gasteiger partial charge in [0.15, 0.2) is 17.5 Å². The van der Waals surface area contributed by atoms with Gasteiger partial charge in [0.1, 0.15) is 6.33 Å². The van der Waals surface area contributed by atoms with Gasteiger partial charge in [-0.05, 0) is 6.07 Å². The molecule has 0 saturated heterocycles. The maximum Gasteiger partial charge on any atom is 0.170 e. The molecule has 0 amide bonds. The Morgan fingerprint density at radius 1 is 1.39 bits per heavy atom. The number of hydrogen-bond acceptors (Lipinski definition) is 5. The fourth-order valence-electron chi connectivity index (χ4n) is 2.10. The summed E-state index contributed by atoms with van der Waals surface area (Å²) < 4.78 is 16.1. The highest BCUT2D eigenvalue weighted by molar-refractivity contribution is 5.43. The number of rotatable bonds is 2. The fraction of sp³-hybridized carbons (Fsp3) is 0.364. The molecule has 18 heavy (non-hydrogen) atoms. The highest BCUT2D eigenvalue weighted by atomic mass is 19.1. The summed E-state index contributed by atoms with van der Waals surface area (Å²) in [5.74, 6) is 0.820. The highest BCUT2D eigenvalue weighted by Crippen LogP contribution is 2.22. The molecule has 6 nitrogen and oxygen atoms in total. The number of nitrogens with two attached hydrogens (primary N) is 1. The first-order chi connectivity index (χ1) is 8.79. The minimum absolute atomic E-state index is 0.172. The maximum atomic E-state index is 14.1. The summed E-state index contributed by atoms with van der Waals surface area (Å²) >= 11 is 0. The molecule has 94 valence electrons. The molecule has 1 aliphatic rings. The molecule has 0 saturated carbocycles. The van der Waals surface area contributed by atoms with Gasteiger partial charge in [-0.25, -0.2) is 9.37 Å². The van der Waals surface area contributed by atoms with E-state index in [4.69, 9.17) is 5.73 Å². The van der Waals surface area contributed by atoms with Crippen LogP contribution in [-0.2, 0) is 19.6 Å². The van der Waals surface area contributed by atoms with E-state index >= 15 is 0 Å². The average molecular weight is 248 g/mol. The second-order valence-corrected chi connectivity index (χ2v) is 4.17. The lowest BCUT2D eigenvalue weighted by Crippen LogP contribution is -2.35. The van der Waals surface area contributed by atoms with Crippen LogP contribution in [0.25, 0.3) is 0 Å². The second kappa shape index (κ2) is 4.34. The summed E-state index contributed by atoms with van der Waals surface area (Å²) in [7, 11) is 0. The predicted molar refractivity (Wildman–Crippen MR) is 63.2 cm³/mol. The minimum Gasteiger partial charge on any atom is -0.345 e. The van der Waals surface area contributed by atoms with Gasteiger partial charge in [0, 0.05) is 31.4 Å². The van der Waals surface area contributed by atoms with E-state index in [1.807, 2.05) is 9.47 Å². The van der Waals surface area contributed by atoms with Crippen molar-refractivity contribution in [3.05, 3.63) is 35.8 Å². The Hall–Kier alpha value is -2.02. The number of pyridine rings is 1. The van der Waals surface area contributed by atoms with Gasteiger partial charge in [-0.1, -0.05) is 0 Å². The topological polar surface area (TPSA) is 72.9 Å². The van der Waals surface area contributed by atoms with Gasteiger partial charge >= 0.3 is 0 Å². The largest absolute Gasteiger partial charge is 0.345 e. The molecule has 0 fully saturated rings. The first-order valence-corrected chi connectivity index (χ1v) is 5.74. The third kappa shape index (κ3) is 1.72. The molecular weight excluding hydrogens is 235 g/mol. The number of aromatic nitrogens is 4. The van der Waals surface area contributed by atoms with Crippen LogP contribution in [0.4, 0.5) is 10.2 Å². The van der Waals surface area contributed by atoms with Gasteiger partial charge in [0.25, 0.3) is 0 Å². The number of halogens is 1. The zero-order chi connectivity index (χ0) is 12.5. The standard InChI is InChI=1S/C11H13FN6/c12-10-8(5-13)1-2-14-11(10)17-3-4-18-7-15-16-9(18)6-17/h1-2,7H,3-6,13H2. The van der Waals surface area contributed by atoms with Crippen molar-refractivity contribution in [2.24, 2.45) is 5.73 Å². The average Bonchev–Trinajstić information content (AvgIpc) is 2.86. The van der Waals surface area contributed by atoms with Crippen LogP contribution in [0.2, 0.25) is 0 Å². The Kier molecular flexibility index (Phi) is 2.67. The Labute approximate surface area is 103 Å². The van der Waals surface area contributed by atoms with Crippen molar-refractivity contribution in [3.63, 3.8) is 0 Å². The van der Waals surface area contributed by atoms with E-state index in [2.05, 4.69) is 15.2 Å². The van der Waals surface area contributed by atoms with E-state index < -0.39 is 0 Å². The van der Waals surface area contributed by atoms with E-state index in [9.17, 15) is 4.39 Å². The van der Waals surface area contributed by atoms with Crippen LogP contribution in [0.3, 0.4) is 0 Å².